The van der Waals surface area contributed by atoms with E-state index in [-0.39, 0.29) is 0 Å². The Hall–Kier alpha value is -0.290. The van der Waals surface area contributed by atoms with Gasteiger partial charge in [-0.15, -0.1) is 0 Å². The lowest BCUT2D eigenvalue weighted by Gasteiger charge is -2.50. The zero-order valence-corrected chi connectivity index (χ0v) is 15.3. The van der Waals surface area contributed by atoms with Crippen LogP contribution >= 0.6 is 0 Å². The molecule has 0 amide bonds. The van der Waals surface area contributed by atoms with E-state index in [1.807, 2.05) is 0 Å². The van der Waals surface area contributed by atoms with Crippen LogP contribution in [0.1, 0.15) is 77.0 Å². The average molecular weight is 358 g/mol. The summed E-state index contributed by atoms with van der Waals surface area (Å²) >= 11 is 0. The summed E-state index contributed by atoms with van der Waals surface area (Å²) in [5.74, 6) is -1.07. The summed E-state index contributed by atoms with van der Waals surface area (Å²) < 4.78 is 38.4. The van der Waals surface area contributed by atoms with Gasteiger partial charge in [0.25, 0.3) is 0 Å². The van der Waals surface area contributed by atoms with Gasteiger partial charge in [-0.25, -0.2) is 0 Å². The minimum atomic E-state index is -3.99. The molecule has 0 bridgehead atoms. The molecule has 25 heavy (non-hydrogen) atoms. The number of nitrogens with zero attached hydrogens (tertiary/aromatic N) is 1. The molecule has 0 aromatic rings. The van der Waals surface area contributed by atoms with Crippen molar-refractivity contribution >= 4 is 0 Å². The molecule has 0 radical (unpaired) electrons. The molecular weight excluding hydrogens is 325 g/mol. The second-order valence-corrected chi connectivity index (χ2v) is 9.21. The van der Waals surface area contributed by atoms with E-state index in [0.717, 1.165) is 12.8 Å². The molecule has 1 saturated heterocycles. The Bertz CT molecular complexity index is 444. The van der Waals surface area contributed by atoms with Crippen LogP contribution in [0.2, 0.25) is 0 Å². The van der Waals surface area contributed by atoms with Gasteiger partial charge in [0.15, 0.2) is 0 Å². The quantitative estimate of drug-likeness (QED) is 0.773. The van der Waals surface area contributed by atoms with E-state index in [1.54, 1.807) is 0 Å². The molecule has 3 aliphatic carbocycles. The molecule has 5 heteroatoms. The number of hydrogen-bond acceptors (Lipinski definition) is 2. The van der Waals surface area contributed by atoms with Crippen molar-refractivity contribution in [2.75, 3.05) is 13.1 Å². The van der Waals surface area contributed by atoms with Crippen molar-refractivity contribution in [3.8, 4) is 0 Å². The summed E-state index contributed by atoms with van der Waals surface area (Å²) in [4.78, 5) is 2.33. The molecule has 144 valence electrons. The Labute approximate surface area is 149 Å². The van der Waals surface area contributed by atoms with Gasteiger partial charge in [0.05, 0.1) is 5.92 Å². The molecule has 1 spiro atoms. The van der Waals surface area contributed by atoms with Gasteiger partial charge < -0.3 is 10.2 Å². The Morgan fingerprint density at radius 2 is 1.44 bits per heavy atom. The molecule has 3 saturated carbocycles. The second kappa shape index (κ2) is 7.03. The predicted molar refractivity (Wildman–Crippen MR) is 93.5 cm³/mol. The molecule has 1 atom stereocenters. The van der Waals surface area contributed by atoms with Gasteiger partial charge in [-0.3, -0.25) is 0 Å². The maximum absolute atomic E-state index is 12.8. The lowest BCUT2D eigenvalue weighted by Crippen LogP contribution is -2.59. The summed E-state index contributed by atoms with van der Waals surface area (Å²) in [5, 5.41) is 3.98. The van der Waals surface area contributed by atoms with E-state index in [0.29, 0.717) is 49.5 Å². The molecular formula is C20H33F3N2. The fourth-order valence-corrected chi connectivity index (χ4v) is 6.14. The van der Waals surface area contributed by atoms with Crippen LogP contribution < -0.4 is 5.32 Å². The van der Waals surface area contributed by atoms with Gasteiger partial charge >= 0.3 is 6.18 Å². The zero-order valence-electron chi connectivity index (χ0n) is 15.3. The van der Waals surface area contributed by atoms with Crippen molar-refractivity contribution in [3.63, 3.8) is 0 Å². The van der Waals surface area contributed by atoms with E-state index in [9.17, 15) is 13.2 Å². The van der Waals surface area contributed by atoms with E-state index < -0.39 is 12.1 Å². The molecule has 1 unspecified atom stereocenters. The third-order valence-electron chi connectivity index (χ3n) is 7.81. The fraction of sp³-hybridized carbons (Fsp3) is 1.00. The monoisotopic (exact) mass is 358 g/mol. The minimum absolute atomic E-state index is 0.295. The van der Waals surface area contributed by atoms with Gasteiger partial charge in [0.2, 0.25) is 0 Å². The first-order chi connectivity index (χ1) is 12.0. The molecule has 4 rings (SSSR count). The van der Waals surface area contributed by atoms with Crippen molar-refractivity contribution in [3.05, 3.63) is 0 Å². The first kappa shape index (κ1) is 18.1. The van der Waals surface area contributed by atoms with Crippen molar-refractivity contribution in [2.45, 2.75) is 101 Å². The molecule has 1 N–H and O–H groups in total. The van der Waals surface area contributed by atoms with Gasteiger partial charge in [0, 0.05) is 18.1 Å². The molecule has 0 aromatic heterocycles. The van der Waals surface area contributed by atoms with Gasteiger partial charge in [0.1, 0.15) is 0 Å². The van der Waals surface area contributed by atoms with Crippen LogP contribution in [-0.2, 0) is 0 Å². The van der Waals surface area contributed by atoms with E-state index in [2.05, 4.69) is 10.2 Å². The van der Waals surface area contributed by atoms with E-state index >= 15 is 0 Å². The highest BCUT2D eigenvalue weighted by molar-refractivity contribution is 5.01. The minimum Gasteiger partial charge on any atom is -0.311 e. The van der Waals surface area contributed by atoms with Crippen LogP contribution in [0.3, 0.4) is 0 Å². The van der Waals surface area contributed by atoms with E-state index in [1.165, 1.54) is 51.4 Å². The number of likely N-dealkylation sites (tertiary alicyclic amines) is 1. The zero-order chi connectivity index (χ0) is 17.5. The van der Waals surface area contributed by atoms with Gasteiger partial charge in [-0.1, -0.05) is 25.7 Å². The normalized spacial score (nSPS) is 37.3. The molecule has 4 aliphatic rings. The molecule has 4 fully saturated rings. The largest absolute Gasteiger partial charge is 0.391 e. The average Bonchev–Trinajstić information content (AvgIpc) is 3.01. The van der Waals surface area contributed by atoms with Crippen LogP contribution in [0, 0.1) is 11.3 Å². The molecule has 2 nitrogen and oxygen atoms in total. The van der Waals surface area contributed by atoms with Crippen LogP contribution in [0.5, 0.6) is 0 Å². The Kier molecular flexibility index (Phi) is 5.09. The number of piperidine rings is 1. The van der Waals surface area contributed by atoms with Crippen LogP contribution in [0.4, 0.5) is 13.2 Å². The second-order valence-electron chi connectivity index (χ2n) is 9.21. The molecule has 1 heterocycles. The van der Waals surface area contributed by atoms with Crippen molar-refractivity contribution in [1.29, 1.82) is 0 Å². The smallest absolute Gasteiger partial charge is 0.311 e. The third kappa shape index (κ3) is 3.73. The number of rotatable bonds is 3. The van der Waals surface area contributed by atoms with Crippen LogP contribution in [0.15, 0.2) is 0 Å². The number of halogens is 3. The SMILES string of the molecule is FC(F)(F)C1CCN(C2CC(NC3CCCCC34CCCC4)C2)CC1. The first-order valence-electron chi connectivity index (χ1n) is 10.5. The summed E-state index contributed by atoms with van der Waals surface area (Å²) in [6.45, 7) is 1.27. The van der Waals surface area contributed by atoms with E-state index in [4.69, 9.17) is 0 Å². The van der Waals surface area contributed by atoms with Crippen LogP contribution in [0.25, 0.3) is 0 Å². The predicted octanol–water partition coefficient (Wildman–Crippen LogP) is 4.88. The van der Waals surface area contributed by atoms with Crippen molar-refractivity contribution in [2.24, 2.45) is 11.3 Å². The number of hydrogen-bond donors (Lipinski definition) is 1. The fourth-order valence-electron chi connectivity index (χ4n) is 6.14. The standard InChI is InChI=1S/C20H33F3N2/c21-20(22,23)15-6-11-25(12-7-15)17-13-16(14-17)24-18-5-1-2-8-19(18)9-3-4-10-19/h15-18,24H,1-14H2. The summed E-state index contributed by atoms with van der Waals surface area (Å²) in [6.07, 6.45) is 10.0. The van der Waals surface area contributed by atoms with Crippen molar-refractivity contribution < 1.29 is 13.2 Å². The van der Waals surface area contributed by atoms with Crippen LogP contribution in [-0.4, -0.2) is 42.3 Å². The van der Waals surface area contributed by atoms with Crippen molar-refractivity contribution in [1.82, 2.24) is 10.2 Å². The third-order valence-corrected chi connectivity index (χ3v) is 7.81. The highest BCUT2D eigenvalue weighted by Crippen LogP contribution is 2.49. The maximum Gasteiger partial charge on any atom is 0.391 e. The number of nitrogens with one attached hydrogen (secondary N) is 1. The number of alkyl halides is 3. The lowest BCUT2D eigenvalue weighted by atomic mass is 9.68. The topological polar surface area (TPSA) is 15.3 Å². The highest BCUT2D eigenvalue weighted by Gasteiger charge is 2.46. The van der Waals surface area contributed by atoms with Gasteiger partial charge in [-0.2, -0.15) is 13.2 Å². The Balaban J connectivity index is 1.23. The maximum atomic E-state index is 12.8. The molecule has 1 aliphatic heterocycles. The first-order valence-corrected chi connectivity index (χ1v) is 10.5. The summed E-state index contributed by atoms with van der Waals surface area (Å²) in [6, 6.07) is 1.83. The lowest BCUT2D eigenvalue weighted by molar-refractivity contribution is -0.187. The summed E-state index contributed by atoms with van der Waals surface area (Å²) in [7, 11) is 0. The Morgan fingerprint density at radius 1 is 0.840 bits per heavy atom. The summed E-state index contributed by atoms with van der Waals surface area (Å²) in [5.41, 5.74) is 0.578. The Morgan fingerprint density at radius 3 is 2.04 bits per heavy atom. The van der Waals surface area contributed by atoms with Gasteiger partial charge in [-0.05, 0) is 69.9 Å². The molecule has 0 aromatic carbocycles. The highest BCUT2D eigenvalue weighted by atomic mass is 19.4.